The number of furan rings is 1. The van der Waals surface area contributed by atoms with Crippen molar-refractivity contribution >= 4 is 50.9 Å². The number of nitriles is 1. The first kappa shape index (κ1) is 27.3. The topological polar surface area (TPSA) is 51.1 Å². The molecule has 4 nitrogen and oxygen atoms in total. The number of nitrogens with zero attached hydrogens (tertiary/aromatic N) is 2. The zero-order valence-corrected chi connectivity index (χ0v) is 26.7. The number of benzene rings is 4. The summed E-state index contributed by atoms with van der Waals surface area (Å²) in [4.78, 5) is 0. The van der Waals surface area contributed by atoms with Crippen molar-refractivity contribution in [2.24, 2.45) is 5.92 Å². The van der Waals surface area contributed by atoms with Crippen molar-refractivity contribution < 1.29 is 9.15 Å². The van der Waals surface area contributed by atoms with E-state index in [-0.39, 0.29) is 6.10 Å². The van der Waals surface area contributed by atoms with Gasteiger partial charge in [-0.1, -0.05) is 79.7 Å². The van der Waals surface area contributed by atoms with Crippen LogP contribution in [0.5, 0.6) is 5.75 Å². The first-order valence-electron chi connectivity index (χ1n) is 16.9. The molecule has 2 aromatic heterocycles. The van der Waals surface area contributed by atoms with Crippen molar-refractivity contribution in [3.63, 3.8) is 0 Å². The lowest BCUT2D eigenvalue weighted by Gasteiger charge is -2.24. The molecule has 2 atom stereocenters. The van der Waals surface area contributed by atoms with Crippen LogP contribution < -0.4 is 4.74 Å². The lowest BCUT2D eigenvalue weighted by atomic mass is 9.87. The molecular formula is C44H32N2O2. The van der Waals surface area contributed by atoms with Crippen LogP contribution in [-0.4, -0.2) is 10.7 Å². The quantitative estimate of drug-likeness (QED) is 0.198. The van der Waals surface area contributed by atoms with Crippen molar-refractivity contribution in [3.8, 4) is 22.9 Å². The maximum Gasteiger partial charge on any atom is 0.134 e. The van der Waals surface area contributed by atoms with E-state index in [1.165, 1.54) is 38.9 Å². The lowest BCUT2D eigenvalue weighted by molar-refractivity contribution is 0.265. The van der Waals surface area contributed by atoms with E-state index >= 15 is 0 Å². The van der Waals surface area contributed by atoms with Crippen LogP contribution >= 0.6 is 0 Å². The van der Waals surface area contributed by atoms with Crippen molar-refractivity contribution in [1.82, 2.24) is 4.57 Å². The molecule has 0 radical (unpaired) electrons. The van der Waals surface area contributed by atoms with Crippen LogP contribution in [0.2, 0.25) is 0 Å². The van der Waals surface area contributed by atoms with E-state index in [1.807, 2.05) is 6.07 Å². The van der Waals surface area contributed by atoms with Crippen molar-refractivity contribution in [2.75, 3.05) is 0 Å². The van der Waals surface area contributed by atoms with Gasteiger partial charge in [-0.2, -0.15) is 5.26 Å². The molecule has 10 rings (SSSR count). The summed E-state index contributed by atoms with van der Waals surface area (Å²) in [6.45, 7) is 2.28. The van der Waals surface area contributed by atoms with Crippen LogP contribution in [0.25, 0.3) is 62.0 Å². The molecule has 3 aliphatic carbocycles. The Labute approximate surface area is 279 Å². The van der Waals surface area contributed by atoms with Gasteiger partial charge in [0, 0.05) is 50.7 Å². The summed E-state index contributed by atoms with van der Waals surface area (Å²) >= 11 is 0. The van der Waals surface area contributed by atoms with Gasteiger partial charge in [-0.25, -0.2) is 0 Å². The van der Waals surface area contributed by atoms with Crippen LogP contribution in [0.4, 0.5) is 0 Å². The Morgan fingerprint density at radius 1 is 0.854 bits per heavy atom. The predicted molar refractivity (Wildman–Crippen MR) is 194 cm³/mol. The second-order valence-corrected chi connectivity index (χ2v) is 13.5. The number of ether oxygens (including phenoxy) is 1. The van der Waals surface area contributed by atoms with Gasteiger partial charge in [0.15, 0.2) is 0 Å². The Kier molecular flexibility index (Phi) is 5.90. The zero-order valence-electron chi connectivity index (χ0n) is 26.7. The first-order valence-corrected chi connectivity index (χ1v) is 16.9. The molecule has 0 spiro atoms. The molecule has 1 aliphatic heterocycles. The molecule has 3 heterocycles. The molecule has 4 aromatic carbocycles. The summed E-state index contributed by atoms with van der Waals surface area (Å²) in [7, 11) is 0. The summed E-state index contributed by atoms with van der Waals surface area (Å²) < 4.78 is 15.4. The number of hydrogen-bond donors (Lipinski definition) is 0. The third-order valence-electron chi connectivity index (χ3n) is 10.6. The van der Waals surface area contributed by atoms with Gasteiger partial charge in [0.1, 0.15) is 23.2 Å². The van der Waals surface area contributed by atoms with E-state index in [1.54, 1.807) is 0 Å². The first-order chi connectivity index (χ1) is 23.6. The van der Waals surface area contributed by atoms with E-state index in [4.69, 9.17) is 9.15 Å². The van der Waals surface area contributed by atoms with Crippen LogP contribution in [0.1, 0.15) is 53.5 Å². The highest BCUT2D eigenvalue weighted by Crippen LogP contribution is 2.48. The third kappa shape index (κ3) is 4.01. The number of hydrogen-bond acceptors (Lipinski definition) is 3. The third-order valence-corrected chi connectivity index (χ3v) is 10.6. The summed E-state index contributed by atoms with van der Waals surface area (Å²) in [5, 5.41) is 12.9. The van der Waals surface area contributed by atoms with Crippen LogP contribution in [0, 0.1) is 17.2 Å². The van der Waals surface area contributed by atoms with Crippen molar-refractivity contribution in [1.29, 1.82) is 5.26 Å². The van der Waals surface area contributed by atoms with Crippen LogP contribution in [-0.2, 0) is 12.8 Å². The number of rotatable bonds is 3. The Hall–Kier alpha value is -5.79. The van der Waals surface area contributed by atoms with Crippen molar-refractivity contribution in [2.45, 2.75) is 38.7 Å². The van der Waals surface area contributed by atoms with E-state index in [0.717, 1.165) is 75.3 Å². The molecule has 48 heavy (non-hydrogen) atoms. The smallest absolute Gasteiger partial charge is 0.134 e. The van der Waals surface area contributed by atoms with Gasteiger partial charge in [-0.05, 0) is 89.9 Å². The normalized spacial score (nSPS) is 19.2. The summed E-state index contributed by atoms with van der Waals surface area (Å²) in [5.41, 5.74) is 14.5. The van der Waals surface area contributed by atoms with E-state index in [9.17, 15) is 5.26 Å². The van der Waals surface area contributed by atoms with Gasteiger partial charge in [0.2, 0.25) is 0 Å². The molecule has 230 valence electrons. The molecule has 4 aliphatic rings. The molecule has 0 saturated carbocycles. The molecular weight excluding hydrogens is 588 g/mol. The van der Waals surface area contributed by atoms with E-state index in [2.05, 4.69) is 127 Å². The summed E-state index contributed by atoms with van der Waals surface area (Å²) in [6, 6.07) is 34.8. The van der Waals surface area contributed by atoms with Gasteiger partial charge >= 0.3 is 0 Å². The fourth-order valence-electron chi connectivity index (χ4n) is 8.33. The number of fused-ring (bicyclic) bond motifs is 9. The van der Waals surface area contributed by atoms with Crippen molar-refractivity contribution in [3.05, 3.63) is 142 Å². The lowest BCUT2D eigenvalue weighted by Crippen LogP contribution is -2.18. The highest BCUT2D eigenvalue weighted by Gasteiger charge is 2.35. The van der Waals surface area contributed by atoms with Crippen LogP contribution in [0.3, 0.4) is 0 Å². The standard InChI is InChI=1S/C44H32N2O2/c1-26-14-17-38-32(20-26)31-11-5-6-12-37(31)46(38)39-13-7-10-30(25-45)44(39)29-16-19-41-34(22-29)36-23-35-33-21-28(27-8-3-2-4-9-27)15-18-40(33)47-42(35)24-43(36)48-41/h2-6,8-9,11-19,21-23,26,42H,7,10,20,24H2,1H3. The molecule has 0 amide bonds. The largest absolute Gasteiger partial charge is 0.485 e. The maximum atomic E-state index is 10.5. The highest BCUT2D eigenvalue weighted by molar-refractivity contribution is 6.08. The molecule has 0 N–H and O–H groups in total. The minimum absolute atomic E-state index is 0.0664. The Morgan fingerprint density at radius 3 is 2.60 bits per heavy atom. The SMILES string of the molecule is CC1C=Cc2c(c3ccccc3n2C2=CCCC(C#N)=C2c2ccc3oc4c(c3c2)C=C2c3cc(-c5ccccc5)ccc3OC2C4)C1. The summed E-state index contributed by atoms with van der Waals surface area (Å²) in [5.74, 6) is 2.37. The number of allylic oxidation sites excluding steroid dienone is 5. The Balaban J connectivity index is 1.12. The average molecular weight is 621 g/mol. The predicted octanol–water partition coefficient (Wildman–Crippen LogP) is 10.7. The monoisotopic (exact) mass is 620 g/mol. The van der Waals surface area contributed by atoms with Gasteiger partial charge in [-0.3, -0.25) is 0 Å². The molecule has 0 saturated heterocycles. The summed E-state index contributed by atoms with van der Waals surface area (Å²) in [6.07, 6.45) is 12.4. The molecule has 2 unspecified atom stereocenters. The van der Waals surface area contributed by atoms with Crippen LogP contribution in [0.15, 0.2) is 113 Å². The molecule has 0 bridgehead atoms. The second-order valence-electron chi connectivity index (χ2n) is 13.5. The number of para-hydroxylation sites is 1. The second kappa shape index (κ2) is 10.4. The average Bonchev–Trinajstić information content (AvgIpc) is 3.78. The van der Waals surface area contributed by atoms with Gasteiger partial charge < -0.3 is 13.7 Å². The fraction of sp³-hybridized carbons (Fsp3) is 0.159. The van der Waals surface area contributed by atoms with E-state index < -0.39 is 0 Å². The number of aromatic nitrogens is 1. The molecule has 0 fully saturated rings. The maximum absolute atomic E-state index is 10.5. The Morgan fingerprint density at radius 2 is 1.71 bits per heavy atom. The highest BCUT2D eigenvalue weighted by atomic mass is 16.5. The zero-order chi connectivity index (χ0) is 31.9. The Bertz CT molecular complexity index is 2510. The van der Waals surface area contributed by atoms with Gasteiger partial charge in [0.05, 0.1) is 17.3 Å². The van der Waals surface area contributed by atoms with Gasteiger partial charge in [-0.15, -0.1) is 0 Å². The van der Waals surface area contributed by atoms with Gasteiger partial charge in [0.25, 0.3) is 0 Å². The molecule has 6 aromatic rings. The minimum Gasteiger partial charge on any atom is -0.485 e. The minimum atomic E-state index is -0.0664. The molecule has 4 heteroatoms. The van der Waals surface area contributed by atoms with E-state index in [0.29, 0.717) is 12.3 Å². The fourth-order valence-corrected chi connectivity index (χ4v) is 8.33.